The van der Waals surface area contributed by atoms with Gasteiger partial charge in [0.1, 0.15) is 0 Å². The number of ether oxygens (including phenoxy) is 1. The van der Waals surface area contributed by atoms with Crippen molar-refractivity contribution in [3.8, 4) is 0 Å². The van der Waals surface area contributed by atoms with Gasteiger partial charge in [-0.25, -0.2) is 0 Å². The van der Waals surface area contributed by atoms with Crippen LogP contribution in [0.4, 0.5) is 0 Å². The van der Waals surface area contributed by atoms with Crippen LogP contribution in [0.1, 0.15) is 64.7 Å². The molecule has 0 N–H and O–H groups in total. The SMILES string of the molecule is CCCCCCCCCC[C@@H]1O[C@@H]1CCl. The summed E-state index contributed by atoms with van der Waals surface area (Å²) in [6.07, 6.45) is 13.3. The van der Waals surface area contributed by atoms with Gasteiger partial charge in [-0.15, -0.1) is 11.6 Å². The second kappa shape index (κ2) is 8.41. The maximum atomic E-state index is 5.68. The van der Waals surface area contributed by atoms with Crippen LogP contribution in [-0.4, -0.2) is 18.1 Å². The highest BCUT2D eigenvalue weighted by Crippen LogP contribution is 2.28. The van der Waals surface area contributed by atoms with Gasteiger partial charge in [-0.2, -0.15) is 0 Å². The monoisotopic (exact) mass is 232 g/mol. The van der Waals surface area contributed by atoms with E-state index in [0.717, 1.165) is 0 Å². The van der Waals surface area contributed by atoms with Gasteiger partial charge in [0.15, 0.2) is 0 Å². The van der Waals surface area contributed by atoms with Gasteiger partial charge in [0.2, 0.25) is 0 Å². The van der Waals surface area contributed by atoms with E-state index < -0.39 is 0 Å². The predicted octanol–water partition coefficient (Wildman–Crippen LogP) is 4.52. The normalized spacial score (nSPS) is 24.4. The molecule has 15 heavy (non-hydrogen) atoms. The van der Waals surface area contributed by atoms with E-state index in [4.69, 9.17) is 16.3 Å². The molecule has 0 spiro atoms. The molecule has 1 saturated heterocycles. The zero-order chi connectivity index (χ0) is 10.9. The molecule has 0 aliphatic carbocycles. The van der Waals surface area contributed by atoms with Crippen molar-refractivity contribution >= 4 is 11.6 Å². The van der Waals surface area contributed by atoms with Gasteiger partial charge in [-0.05, 0) is 6.42 Å². The third kappa shape index (κ3) is 6.42. The minimum atomic E-state index is 0.385. The maximum absolute atomic E-state index is 5.68. The summed E-state index contributed by atoms with van der Waals surface area (Å²) in [6, 6.07) is 0. The highest BCUT2D eigenvalue weighted by Gasteiger charge is 2.36. The second-order valence-corrected chi connectivity index (χ2v) is 4.94. The molecule has 0 radical (unpaired) electrons. The first-order valence-corrected chi connectivity index (χ1v) is 7.13. The van der Waals surface area contributed by atoms with E-state index in [1.165, 1.54) is 57.8 Å². The van der Waals surface area contributed by atoms with Crippen molar-refractivity contribution < 1.29 is 4.74 Å². The molecule has 0 bridgehead atoms. The molecule has 2 heteroatoms. The van der Waals surface area contributed by atoms with Crippen molar-refractivity contribution in [2.75, 3.05) is 5.88 Å². The molecule has 0 unspecified atom stereocenters. The van der Waals surface area contributed by atoms with E-state index in [2.05, 4.69) is 6.92 Å². The molecule has 1 aliphatic heterocycles. The number of halogens is 1. The Morgan fingerprint density at radius 1 is 0.867 bits per heavy atom. The third-order valence-electron chi connectivity index (χ3n) is 3.18. The first-order valence-electron chi connectivity index (χ1n) is 6.60. The fourth-order valence-corrected chi connectivity index (χ4v) is 2.32. The van der Waals surface area contributed by atoms with Crippen molar-refractivity contribution in [2.24, 2.45) is 0 Å². The quantitative estimate of drug-likeness (QED) is 0.307. The Labute approximate surface area is 99.5 Å². The van der Waals surface area contributed by atoms with Crippen molar-refractivity contribution in [1.82, 2.24) is 0 Å². The van der Waals surface area contributed by atoms with Crippen LogP contribution in [0.2, 0.25) is 0 Å². The lowest BCUT2D eigenvalue weighted by atomic mass is 10.1. The van der Waals surface area contributed by atoms with E-state index >= 15 is 0 Å². The molecule has 90 valence electrons. The molecule has 0 amide bonds. The van der Waals surface area contributed by atoms with Gasteiger partial charge in [0, 0.05) is 0 Å². The lowest BCUT2D eigenvalue weighted by molar-refractivity contribution is 0.365. The Bertz CT molecular complexity index is 149. The number of hydrogen-bond donors (Lipinski definition) is 0. The lowest BCUT2D eigenvalue weighted by Crippen LogP contribution is -1.94. The van der Waals surface area contributed by atoms with Crippen LogP contribution in [0.15, 0.2) is 0 Å². The Kier molecular flexibility index (Phi) is 7.46. The van der Waals surface area contributed by atoms with Crippen LogP contribution < -0.4 is 0 Å². The van der Waals surface area contributed by atoms with Gasteiger partial charge in [0.25, 0.3) is 0 Å². The summed E-state index contributed by atoms with van der Waals surface area (Å²) in [6.45, 7) is 2.27. The molecule has 0 aromatic rings. The van der Waals surface area contributed by atoms with E-state index in [9.17, 15) is 0 Å². The Morgan fingerprint density at radius 2 is 1.47 bits per heavy atom. The Morgan fingerprint density at radius 3 is 2.00 bits per heavy atom. The first-order chi connectivity index (χ1) is 7.38. The Hall–Kier alpha value is 0.250. The standard InChI is InChI=1S/C13H25ClO/c1-2-3-4-5-6-7-8-9-10-12-13(11-14)15-12/h12-13H,2-11H2,1H3/t12-,13+/m0/s1. The van der Waals surface area contributed by atoms with E-state index in [0.29, 0.717) is 18.1 Å². The van der Waals surface area contributed by atoms with E-state index in [1.54, 1.807) is 0 Å². The predicted molar refractivity (Wildman–Crippen MR) is 66.6 cm³/mol. The summed E-state index contributed by atoms with van der Waals surface area (Å²) in [4.78, 5) is 0. The number of unbranched alkanes of at least 4 members (excludes halogenated alkanes) is 7. The molecule has 1 heterocycles. The van der Waals surface area contributed by atoms with Crippen LogP contribution in [0, 0.1) is 0 Å². The van der Waals surface area contributed by atoms with Gasteiger partial charge in [-0.3, -0.25) is 0 Å². The summed E-state index contributed by atoms with van der Waals surface area (Å²) < 4.78 is 5.39. The van der Waals surface area contributed by atoms with Gasteiger partial charge < -0.3 is 4.74 Å². The molecule has 1 rings (SSSR count). The first kappa shape index (κ1) is 13.3. The van der Waals surface area contributed by atoms with Gasteiger partial charge in [-0.1, -0.05) is 58.3 Å². The van der Waals surface area contributed by atoms with Gasteiger partial charge in [0.05, 0.1) is 18.1 Å². The van der Waals surface area contributed by atoms with Crippen molar-refractivity contribution in [2.45, 2.75) is 76.9 Å². The summed E-state index contributed by atoms with van der Waals surface area (Å²) in [5.41, 5.74) is 0. The lowest BCUT2D eigenvalue weighted by Gasteiger charge is -2.00. The molecule has 1 aliphatic rings. The highest BCUT2D eigenvalue weighted by atomic mass is 35.5. The zero-order valence-electron chi connectivity index (χ0n) is 10.0. The summed E-state index contributed by atoms with van der Waals surface area (Å²) >= 11 is 5.68. The topological polar surface area (TPSA) is 12.5 Å². The maximum Gasteiger partial charge on any atom is 0.0976 e. The van der Waals surface area contributed by atoms with Crippen molar-refractivity contribution in [3.05, 3.63) is 0 Å². The van der Waals surface area contributed by atoms with Crippen LogP contribution in [0.3, 0.4) is 0 Å². The number of rotatable bonds is 10. The molecular formula is C13H25ClO. The average molecular weight is 233 g/mol. The number of epoxide rings is 1. The summed E-state index contributed by atoms with van der Waals surface area (Å²) in [5, 5.41) is 0. The molecule has 0 aromatic carbocycles. The number of alkyl halides is 1. The molecule has 2 atom stereocenters. The second-order valence-electron chi connectivity index (χ2n) is 4.63. The van der Waals surface area contributed by atoms with Crippen LogP contribution in [0.5, 0.6) is 0 Å². The third-order valence-corrected chi connectivity index (χ3v) is 3.49. The summed E-state index contributed by atoms with van der Waals surface area (Å²) in [5.74, 6) is 0.682. The minimum Gasteiger partial charge on any atom is -0.368 e. The van der Waals surface area contributed by atoms with E-state index in [-0.39, 0.29) is 0 Å². The Balaban J connectivity index is 1.71. The molecule has 1 nitrogen and oxygen atoms in total. The molecular weight excluding hydrogens is 208 g/mol. The van der Waals surface area contributed by atoms with E-state index in [1.807, 2.05) is 0 Å². The molecule has 0 aromatic heterocycles. The number of hydrogen-bond acceptors (Lipinski definition) is 1. The largest absolute Gasteiger partial charge is 0.368 e. The van der Waals surface area contributed by atoms with Crippen LogP contribution in [-0.2, 0) is 4.74 Å². The minimum absolute atomic E-state index is 0.385. The zero-order valence-corrected chi connectivity index (χ0v) is 10.8. The molecule has 1 fully saturated rings. The summed E-state index contributed by atoms with van der Waals surface area (Å²) in [7, 11) is 0. The van der Waals surface area contributed by atoms with Crippen molar-refractivity contribution in [3.63, 3.8) is 0 Å². The fraction of sp³-hybridized carbons (Fsp3) is 1.00. The van der Waals surface area contributed by atoms with Crippen LogP contribution >= 0.6 is 11.6 Å². The highest BCUT2D eigenvalue weighted by molar-refractivity contribution is 6.18. The van der Waals surface area contributed by atoms with Gasteiger partial charge >= 0.3 is 0 Å². The fourth-order valence-electron chi connectivity index (χ4n) is 2.05. The molecule has 0 saturated carbocycles. The van der Waals surface area contributed by atoms with Crippen molar-refractivity contribution in [1.29, 1.82) is 0 Å². The average Bonchev–Trinajstić information content (AvgIpc) is 3.01. The smallest absolute Gasteiger partial charge is 0.0976 e. The van der Waals surface area contributed by atoms with Crippen LogP contribution in [0.25, 0.3) is 0 Å².